The summed E-state index contributed by atoms with van der Waals surface area (Å²) in [6.07, 6.45) is 6.29. The molecule has 2 rings (SSSR count). The summed E-state index contributed by atoms with van der Waals surface area (Å²) in [5, 5.41) is -0.238. The quantitative estimate of drug-likeness (QED) is 0.914. The molecule has 0 saturated heterocycles. The van der Waals surface area contributed by atoms with Gasteiger partial charge in [-0.05, 0) is 43.7 Å². The van der Waals surface area contributed by atoms with Gasteiger partial charge in [0.05, 0.1) is 17.6 Å². The summed E-state index contributed by atoms with van der Waals surface area (Å²) >= 11 is 0. The van der Waals surface area contributed by atoms with Crippen molar-refractivity contribution in [2.75, 3.05) is 6.26 Å². The number of sulfone groups is 1. The first-order valence-corrected chi connectivity index (χ1v) is 8.33. The van der Waals surface area contributed by atoms with Gasteiger partial charge in [-0.2, -0.15) is 0 Å². The first kappa shape index (κ1) is 13.6. The van der Waals surface area contributed by atoms with Crippen LogP contribution in [0.4, 0.5) is 0 Å². The number of rotatable bonds is 3. The molecule has 4 nitrogen and oxygen atoms in total. The molecule has 18 heavy (non-hydrogen) atoms. The van der Waals surface area contributed by atoms with Gasteiger partial charge in [-0.15, -0.1) is 0 Å². The van der Waals surface area contributed by atoms with E-state index in [0.717, 1.165) is 30.6 Å². The van der Waals surface area contributed by atoms with E-state index in [1.807, 2.05) is 13.0 Å². The standard InChI is InChI=1S/C13H21NO3S/c1-9-6-7-17-13(9)12(14)10-4-3-5-11(8-10)18(2,15)16/h6-7,10-12H,3-5,8,14H2,1-2H3. The third kappa shape index (κ3) is 2.78. The van der Waals surface area contributed by atoms with Crippen molar-refractivity contribution in [1.82, 2.24) is 0 Å². The highest BCUT2D eigenvalue weighted by Gasteiger charge is 2.33. The van der Waals surface area contributed by atoms with Crippen LogP contribution in [0.25, 0.3) is 0 Å². The molecule has 0 radical (unpaired) electrons. The van der Waals surface area contributed by atoms with Gasteiger partial charge in [0.1, 0.15) is 15.6 Å². The predicted molar refractivity (Wildman–Crippen MR) is 71.0 cm³/mol. The highest BCUT2D eigenvalue weighted by molar-refractivity contribution is 7.91. The topological polar surface area (TPSA) is 73.3 Å². The Morgan fingerprint density at radius 1 is 1.44 bits per heavy atom. The molecular formula is C13H21NO3S. The van der Waals surface area contributed by atoms with Gasteiger partial charge in [-0.25, -0.2) is 8.42 Å². The molecule has 0 aliphatic heterocycles. The van der Waals surface area contributed by atoms with Crippen molar-refractivity contribution in [3.8, 4) is 0 Å². The van der Waals surface area contributed by atoms with Crippen molar-refractivity contribution in [2.45, 2.75) is 43.9 Å². The maximum absolute atomic E-state index is 11.6. The van der Waals surface area contributed by atoms with Gasteiger partial charge in [0.2, 0.25) is 0 Å². The van der Waals surface area contributed by atoms with Gasteiger partial charge in [-0.1, -0.05) is 6.42 Å². The Hall–Kier alpha value is -0.810. The van der Waals surface area contributed by atoms with E-state index in [-0.39, 0.29) is 17.2 Å². The van der Waals surface area contributed by atoms with Gasteiger partial charge in [-0.3, -0.25) is 0 Å². The Morgan fingerprint density at radius 2 is 2.17 bits per heavy atom. The van der Waals surface area contributed by atoms with Crippen LogP contribution < -0.4 is 5.73 Å². The monoisotopic (exact) mass is 271 g/mol. The van der Waals surface area contributed by atoms with Crippen LogP contribution in [0.2, 0.25) is 0 Å². The van der Waals surface area contributed by atoms with Crippen LogP contribution in [0.5, 0.6) is 0 Å². The zero-order valence-electron chi connectivity index (χ0n) is 10.9. The zero-order chi connectivity index (χ0) is 13.3. The van der Waals surface area contributed by atoms with E-state index < -0.39 is 9.84 Å². The van der Waals surface area contributed by atoms with Crippen molar-refractivity contribution < 1.29 is 12.8 Å². The first-order valence-electron chi connectivity index (χ1n) is 6.38. The lowest BCUT2D eigenvalue weighted by atomic mass is 9.82. The lowest BCUT2D eigenvalue weighted by Crippen LogP contribution is -2.33. The molecule has 3 unspecified atom stereocenters. The third-order valence-corrected chi connectivity index (χ3v) is 5.62. The number of nitrogens with two attached hydrogens (primary N) is 1. The molecule has 0 bridgehead atoms. The van der Waals surface area contributed by atoms with E-state index in [4.69, 9.17) is 10.2 Å². The normalized spacial score (nSPS) is 27.1. The molecule has 1 aliphatic carbocycles. The van der Waals surface area contributed by atoms with Crippen LogP contribution in [0.3, 0.4) is 0 Å². The van der Waals surface area contributed by atoms with E-state index in [2.05, 4.69) is 0 Å². The Morgan fingerprint density at radius 3 is 2.72 bits per heavy atom. The Kier molecular flexibility index (Phi) is 3.82. The summed E-state index contributed by atoms with van der Waals surface area (Å²) in [5.74, 6) is 0.998. The number of hydrogen-bond donors (Lipinski definition) is 1. The molecule has 0 aromatic carbocycles. The van der Waals surface area contributed by atoms with E-state index in [0.29, 0.717) is 6.42 Å². The molecule has 102 valence electrons. The number of hydrogen-bond acceptors (Lipinski definition) is 4. The molecule has 3 atom stereocenters. The predicted octanol–water partition coefficient (Wildman–Crippen LogP) is 2.19. The molecule has 0 spiro atoms. The van der Waals surface area contributed by atoms with Gasteiger partial charge < -0.3 is 10.2 Å². The molecule has 1 aromatic heterocycles. The van der Waals surface area contributed by atoms with Crippen molar-refractivity contribution in [2.24, 2.45) is 11.7 Å². The highest BCUT2D eigenvalue weighted by Crippen LogP contribution is 2.36. The minimum Gasteiger partial charge on any atom is -0.467 e. The molecule has 1 aromatic rings. The number of furan rings is 1. The molecule has 1 saturated carbocycles. The molecule has 1 heterocycles. The maximum atomic E-state index is 11.6. The zero-order valence-corrected chi connectivity index (χ0v) is 11.7. The van der Waals surface area contributed by atoms with Gasteiger partial charge in [0.15, 0.2) is 0 Å². The lowest BCUT2D eigenvalue weighted by Gasteiger charge is -2.31. The summed E-state index contributed by atoms with van der Waals surface area (Å²) in [7, 11) is -2.96. The van der Waals surface area contributed by atoms with Gasteiger partial charge in [0, 0.05) is 6.26 Å². The lowest BCUT2D eigenvalue weighted by molar-refractivity contribution is 0.280. The second kappa shape index (κ2) is 5.05. The molecular weight excluding hydrogens is 250 g/mol. The summed E-state index contributed by atoms with van der Waals surface area (Å²) in [5.41, 5.74) is 7.28. The average molecular weight is 271 g/mol. The SMILES string of the molecule is Cc1ccoc1C(N)C1CCCC(S(C)(=O)=O)C1. The first-order chi connectivity index (χ1) is 8.39. The Bertz CT molecular complexity index is 506. The smallest absolute Gasteiger partial charge is 0.150 e. The molecule has 0 amide bonds. The molecule has 1 aliphatic rings. The Balaban J connectivity index is 2.12. The van der Waals surface area contributed by atoms with Crippen LogP contribution in [-0.4, -0.2) is 19.9 Å². The highest BCUT2D eigenvalue weighted by atomic mass is 32.2. The molecule has 2 N–H and O–H groups in total. The van der Waals surface area contributed by atoms with Crippen molar-refractivity contribution >= 4 is 9.84 Å². The van der Waals surface area contributed by atoms with Crippen LogP contribution >= 0.6 is 0 Å². The fourth-order valence-electron chi connectivity index (χ4n) is 2.84. The van der Waals surface area contributed by atoms with E-state index >= 15 is 0 Å². The van der Waals surface area contributed by atoms with Crippen molar-refractivity contribution in [3.63, 3.8) is 0 Å². The largest absolute Gasteiger partial charge is 0.467 e. The average Bonchev–Trinajstić information content (AvgIpc) is 2.73. The summed E-state index contributed by atoms with van der Waals surface area (Å²) < 4.78 is 28.7. The van der Waals surface area contributed by atoms with E-state index in [1.165, 1.54) is 6.26 Å². The minimum atomic E-state index is -2.96. The Labute approximate surface area is 108 Å². The fraction of sp³-hybridized carbons (Fsp3) is 0.692. The van der Waals surface area contributed by atoms with E-state index in [1.54, 1.807) is 6.26 Å². The maximum Gasteiger partial charge on any atom is 0.150 e. The van der Waals surface area contributed by atoms with Gasteiger partial charge in [0.25, 0.3) is 0 Å². The summed E-state index contributed by atoms with van der Waals surface area (Å²) in [4.78, 5) is 0. The van der Waals surface area contributed by atoms with Gasteiger partial charge >= 0.3 is 0 Å². The fourth-order valence-corrected chi connectivity index (χ4v) is 4.03. The second-order valence-electron chi connectivity index (χ2n) is 5.37. The van der Waals surface area contributed by atoms with Crippen molar-refractivity contribution in [3.05, 3.63) is 23.7 Å². The summed E-state index contributed by atoms with van der Waals surface area (Å²) in [6, 6.07) is 1.70. The number of aryl methyl sites for hydroxylation is 1. The third-order valence-electron chi connectivity index (χ3n) is 3.98. The van der Waals surface area contributed by atoms with Crippen LogP contribution in [0, 0.1) is 12.8 Å². The minimum absolute atomic E-state index is 0.190. The van der Waals surface area contributed by atoms with Crippen LogP contribution in [0.15, 0.2) is 16.7 Å². The molecule has 5 heteroatoms. The summed E-state index contributed by atoms with van der Waals surface area (Å²) in [6.45, 7) is 1.97. The van der Waals surface area contributed by atoms with Crippen molar-refractivity contribution in [1.29, 1.82) is 0 Å². The second-order valence-corrected chi connectivity index (χ2v) is 7.70. The van der Waals surface area contributed by atoms with Crippen LogP contribution in [-0.2, 0) is 9.84 Å². The van der Waals surface area contributed by atoms with Crippen LogP contribution in [0.1, 0.15) is 43.0 Å². The molecule has 1 fully saturated rings. The van der Waals surface area contributed by atoms with E-state index in [9.17, 15) is 8.42 Å².